The minimum Gasteiger partial charge on any atom is -0.355 e. The Bertz CT molecular complexity index is 269. The van der Waals surface area contributed by atoms with Crippen molar-refractivity contribution in [3.8, 4) is 11.5 Å². The van der Waals surface area contributed by atoms with Crippen LogP contribution in [0.2, 0.25) is 19.6 Å². The van der Waals surface area contributed by atoms with E-state index in [1.807, 2.05) is 18.3 Å². The number of hydrogen-bond donors (Lipinski definition) is 1. The highest BCUT2D eigenvalue weighted by molar-refractivity contribution is 6.83. The average Bonchev–Trinajstić information content (AvgIpc) is 2.32. The summed E-state index contributed by atoms with van der Waals surface area (Å²) in [5.41, 5.74) is 4.30. The highest BCUT2D eigenvalue weighted by Crippen LogP contribution is 1.98. The van der Waals surface area contributed by atoms with Crippen LogP contribution in [0.25, 0.3) is 0 Å². The van der Waals surface area contributed by atoms with E-state index in [0.29, 0.717) is 0 Å². The minimum absolute atomic E-state index is 1.02. The van der Waals surface area contributed by atoms with Gasteiger partial charge in [-0.25, -0.2) is 0 Å². The molecule has 0 fully saturated rings. The lowest BCUT2D eigenvalue weighted by atomic mass is 10.5. The van der Waals surface area contributed by atoms with E-state index in [0.717, 1.165) is 5.69 Å². The van der Waals surface area contributed by atoms with E-state index >= 15 is 0 Å². The van der Waals surface area contributed by atoms with Crippen molar-refractivity contribution in [2.24, 2.45) is 0 Å². The van der Waals surface area contributed by atoms with Crippen LogP contribution in [0.4, 0.5) is 0 Å². The molecule has 0 saturated heterocycles. The van der Waals surface area contributed by atoms with Crippen molar-refractivity contribution >= 4 is 8.07 Å². The molecule has 11 heavy (non-hydrogen) atoms. The van der Waals surface area contributed by atoms with Gasteiger partial charge in [-0.1, -0.05) is 25.6 Å². The van der Waals surface area contributed by atoms with Gasteiger partial charge in [0.05, 0.1) is 5.69 Å². The molecule has 0 unspecified atom stereocenters. The predicted octanol–water partition coefficient (Wildman–Crippen LogP) is 2.24. The second kappa shape index (κ2) is 2.98. The van der Waals surface area contributed by atoms with Gasteiger partial charge in [-0.3, -0.25) is 0 Å². The first-order valence-corrected chi connectivity index (χ1v) is 7.24. The number of rotatable bonds is 0. The van der Waals surface area contributed by atoms with Crippen LogP contribution in [-0.2, 0) is 0 Å². The maximum atomic E-state index is 3.28. The van der Waals surface area contributed by atoms with E-state index in [-0.39, 0.29) is 0 Å². The van der Waals surface area contributed by atoms with Gasteiger partial charge < -0.3 is 4.98 Å². The molecule has 1 aromatic heterocycles. The number of nitrogens with one attached hydrogen (secondary N) is 1. The van der Waals surface area contributed by atoms with E-state index in [9.17, 15) is 0 Å². The predicted molar refractivity (Wildman–Crippen MR) is 51.0 cm³/mol. The smallest absolute Gasteiger partial charge is 0.129 e. The van der Waals surface area contributed by atoms with Crippen molar-refractivity contribution in [3.05, 3.63) is 24.0 Å². The molecule has 0 saturated carbocycles. The first kappa shape index (κ1) is 8.16. The summed E-state index contributed by atoms with van der Waals surface area (Å²) in [6.07, 6.45) is 1.90. The molecule has 1 heterocycles. The molecule has 58 valence electrons. The SMILES string of the molecule is C[Si](C)(C)C#Cc1ccc[nH]1. The lowest BCUT2D eigenvalue weighted by molar-refractivity contribution is 1.37. The van der Waals surface area contributed by atoms with Gasteiger partial charge in [0.15, 0.2) is 0 Å². The van der Waals surface area contributed by atoms with Crippen LogP contribution in [0.3, 0.4) is 0 Å². The molecule has 1 nitrogen and oxygen atoms in total. The maximum absolute atomic E-state index is 3.28. The van der Waals surface area contributed by atoms with Gasteiger partial charge in [-0.15, -0.1) is 5.54 Å². The Morgan fingerprint density at radius 3 is 2.55 bits per heavy atom. The molecule has 0 amide bonds. The topological polar surface area (TPSA) is 15.8 Å². The number of H-pyrrole nitrogens is 1. The summed E-state index contributed by atoms with van der Waals surface area (Å²) in [5.74, 6) is 3.12. The molecular weight excluding hydrogens is 150 g/mol. The highest BCUT2D eigenvalue weighted by atomic mass is 28.3. The van der Waals surface area contributed by atoms with Crippen LogP contribution in [-0.4, -0.2) is 13.1 Å². The van der Waals surface area contributed by atoms with Crippen LogP contribution in [0.5, 0.6) is 0 Å². The van der Waals surface area contributed by atoms with Crippen LogP contribution < -0.4 is 0 Å². The molecule has 0 aromatic carbocycles. The van der Waals surface area contributed by atoms with E-state index in [1.54, 1.807) is 0 Å². The first-order valence-electron chi connectivity index (χ1n) is 3.74. The third-order valence-corrected chi connectivity index (χ3v) is 2.05. The molecule has 0 spiro atoms. The van der Waals surface area contributed by atoms with Crippen LogP contribution in [0.15, 0.2) is 18.3 Å². The van der Waals surface area contributed by atoms with Gasteiger partial charge in [-0.05, 0) is 12.1 Å². The van der Waals surface area contributed by atoms with Gasteiger partial charge in [0.2, 0.25) is 0 Å². The van der Waals surface area contributed by atoms with Crippen molar-refractivity contribution in [1.29, 1.82) is 0 Å². The largest absolute Gasteiger partial charge is 0.355 e. The van der Waals surface area contributed by atoms with Crippen molar-refractivity contribution in [1.82, 2.24) is 4.98 Å². The zero-order valence-electron chi connectivity index (χ0n) is 7.23. The summed E-state index contributed by atoms with van der Waals surface area (Å²) in [5, 5.41) is 0. The van der Waals surface area contributed by atoms with Gasteiger partial charge in [0.25, 0.3) is 0 Å². The summed E-state index contributed by atoms with van der Waals surface area (Å²) in [4.78, 5) is 3.06. The van der Waals surface area contributed by atoms with E-state index in [1.165, 1.54) is 0 Å². The third kappa shape index (κ3) is 3.10. The third-order valence-electron chi connectivity index (χ3n) is 1.17. The fourth-order valence-electron chi connectivity index (χ4n) is 0.663. The number of aromatic amines is 1. The number of aromatic nitrogens is 1. The second-order valence-electron chi connectivity index (χ2n) is 3.58. The highest BCUT2D eigenvalue weighted by Gasteiger charge is 2.07. The Labute approximate surface area is 68.8 Å². The summed E-state index contributed by atoms with van der Waals surface area (Å²) < 4.78 is 0. The molecule has 0 aliphatic heterocycles. The van der Waals surface area contributed by atoms with Crippen molar-refractivity contribution in [3.63, 3.8) is 0 Å². The zero-order chi connectivity index (χ0) is 8.32. The van der Waals surface area contributed by atoms with Crippen LogP contribution >= 0.6 is 0 Å². The van der Waals surface area contributed by atoms with Gasteiger partial charge in [-0.2, -0.15) is 0 Å². The quantitative estimate of drug-likeness (QED) is 0.446. The van der Waals surface area contributed by atoms with Gasteiger partial charge in [0, 0.05) is 6.20 Å². The monoisotopic (exact) mass is 163 g/mol. The summed E-state index contributed by atoms with van der Waals surface area (Å²) in [6, 6.07) is 3.96. The molecular formula is C9H13NSi. The van der Waals surface area contributed by atoms with Gasteiger partial charge in [0.1, 0.15) is 8.07 Å². The standard InChI is InChI=1S/C9H13NSi/c1-11(2,3)8-6-9-5-4-7-10-9/h4-5,7,10H,1-3H3. The number of hydrogen-bond acceptors (Lipinski definition) is 0. The fourth-order valence-corrected chi connectivity index (χ4v) is 1.17. The summed E-state index contributed by atoms with van der Waals surface area (Å²) in [7, 11) is -1.19. The van der Waals surface area contributed by atoms with Gasteiger partial charge >= 0.3 is 0 Å². The minimum atomic E-state index is -1.19. The molecule has 0 atom stereocenters. The summed E-state index contributed by atoms with van der Waals surface area (Å²) >= 11 is 0. The molecule has 1 aromatic rings. The van der Waals surface area contributed by atoms with E-state index in [2.05, 4.69) is 36.1 Å². The molecule has 2 heteroatoms. The molecule has 1 N–H and O–H groups in total. The lowest BCUT2D eigenvalue weighted by Gasteiger charge is -2.02. The maximum Gasteiger partial charge on any atom is 0.129 e. The molecule has 0 radical (unpaired) electrons. The Morgan fingerprint density at radius 1 is 1.36 bits per heavy atom. The Morgan fingerprint density at radius 2 is 2.09 bits per heavy atom. The fraction of sp³-hybridized carbons (Fsp3) is 0.333. The average molecular weight is 163 g/mol. The van der Waals surface area contributed by atoms with E-state index < -0.39 is 8.07 Å². The second-order valence-corrected chi connectivity index (χ2v) is 8.33. The van der Waals surface area contributed by atoms with E-state index in [4.69, 9.17) is 0 Å². The van der Waals surface area contributed by atoms with Crippen molar-refractivity contribution < 1.29 is 0 Å². The Balaban J connectivity index is 2.74. The van der Waals surface area contributed by atoms with Crippen molar-refractivity contribution in [2.45, 2.75) is 19.6 Å². The summed E-state index contributed by atoms with van der Waals surface area (Å²) in [6.45, 7) is 6.72. The van der Waals surface area contributed by atoms with Crippen LogP contribution in [0.1, 0.15) is 5.69 Å². The molecule has 1 rings (SSSR count). The molecule has 0 bridgehead atoms. The lowest BCUT2D eigenvalue weighted by Crippen LogP contribution is -2.16. The van der Waals surface area contributed by atoms with Crippen LogP contribution in [0, 0.1) is 11.5 Å². The first-order chi connectivity index (χ1) is 5.08. The zero-order valence-corrected chi connectivity index (χ0v) is 8.23. The molecule has 0 aliphatic carbocycles. The molecule has 0 aliphatic rings. The van der Waals surface area contributed by atoms with Crippen molar-refractivity contribution in [2.75, 3.05) is 0 Å². The normalized spacial score (nSPS) is 10.5. The Hall–Kier alpha value is -0.943. The Kier molecular flexibility index (Phi) is 2.21.